The average molecular weight is 268 g/mol. The molecule has 0 aromatic carbocycles. The summed E-state index contributed by atoms with van der Waals surface area (Å²) in [7, 11) is 0. The summed E-state index contributed by atoms with van der Waals surface area (Å²) >= 11 is 0. The van der Waals surface area contributed by atoms with Gasteiger partial charge >= 0.3 is 6.09 Å². The summed E-state index contributed by atoms with van der Waals surface area (Å²) in [4.78, 5) is 24.9. The summed E-state index contributed by atoms with van der Waals surface area (Å²) < 4.78 is 5.38. The number of nitrogens with one attached hydrogen (secondary N) is 1. The van der Waals surface area contributed by atoms with Gasteiger partial charge in [0.1, 0.15) is 5.60 Å². The third kappa shape index (κ3) is 3.85. The maximum absolute atomic E-state index is 11.9. The SMILES string of the molecule is CC(C)(C)OC(=O)N1CCC([C@H]2CNC(=O)C2)CC1. The minimum absolute atomic E-state index is 0.166. The van der Waals surface area contributed by atoms with Gasteiger partial charge in [-0.15, -0.1) is 0 Å². The van der Waals surface area contributed by atoms with Crippen molar-refractivity contribution in [2.45, 2.75) is 45.6 Å². The fraction of sp³-hybridized carbons (Fsp3) is 0.857. The van der Waals surface area contributed by atoms with Gasteiger partial charge in [0, 0.05) is 26.1 Å². The van der Waals surface area contributed by atoms with E-state index >= 15 is 0 Å². The van der Waals surface area contributed by atoms with Crippen LogP contribution in [0, 0.1) is 11.8 Å². The second kappa shape index (κ2) is 5.39. The van der Waals surface area contributed by atoms with E-state index < -0.39 is 5.60 Å². The van der Waals surface area contributed by atoms with Crippen LogP contribution in [-0.2, 0) is 9.53 Å². The molecule has 5 heteroatoms. The van der Waals surface area contributed by atoms with Gasteiger partial charge in [-0.05, 0) is 45.4 Å². The molecule has 0 unspecified atom stereocenters. The van der Waals surface area contributed by atoms with E-state index in [1.54, 1.807) is 4.90 Å². The standard InChI is InChI=1S/C14H24N2O3/c1-14(2,3)19-13(18)16-6-4-10(5-7-16)11-8-12(17)15-9-11/h10-11H,4-9H2,1-3H3,(H,15,17)/t11-/m1/s1. The number of piperidine rings is 1. The minimum atomic E-state index is -0.435. The van der Waals surface area contributed by atoms with Crippen LogP contribution in [0.15, 0.2) is 0 Å². The average Bonchev–Trinajstić information content (AvgIpc) is 2.74. The highest BCUT2D eigenvalue weighted by Crippen LogP contribution is 2.29. The van der Waals surface area contributed by atoms with E-state index in [1.165, 1.54) is 0 Å². The number of hydrogen-bond donors (Lipinski definition) is 1. The van der Waals surface area contributed by atoms with E-state index in [1.807, 2.05) is 20.8 Å². The van der Waals surface area contributed by atoms with Crippen molar-refractivity contribution in [3.05, 3.63) is 0 Å². The zero-order valence-electron chi connectivity index (χ0n) is 12.1. The number of likely N-dealkylation sites (tertiary alicyclic amines) is 1. The number of amides is 2. The maximum Gasteiger partial charge on any atom is 0.410 e. The number of ether oxygens (including phenoxy) is 1. The number of hydrogen-bond acceptors (Lipinski definition) is 3. The molecule has 1 N–H and O–H groups in total. The summed E-state index contributed by atoms with van der Waals surface area (Å²) in [5, 5.41) is 2.89. The van der Waals surface area contributed by atoms with Gasteiger partial charge < -0.3 is 15.0 Å². The monoisotopic (exact) mass is 268 g/mol. The summed E-state index contributed by atoms with van der Waals surface area (Å²) in [5.74, 6) is 1.17. The highest BCUT2D eigenvalue weighted by Gasteiger charge is 2.33. The smallest absolute Gasteiger partial charge is 0.410 e. The van der Waals surface area contributed by atoms with E-state index in [-0.39, 0.29) is 12.0 Å². The lowest BCUT2D eigenvalue weighted by atomic mass is 9.84. The van der Waals surface area contributed by atoms with Crippen molar-refractivity contribution in [1.82, 2.24) is 10.2 Å². The predicted molar refractivity (Wildman–Crippen MR) is 71.6 cm³/mol. The van der Waals surface area contributed by atoms with Crippen LogP contribution in [0.5, 0.6) is 0 Å². The normalized spacial score (nSPS) is 25.3. The topological polar surface area (TPSA) is 58.6 Å². The lowest BCUT2D eigenvalue weighted by Gasteiger charge is -2.35. The van der Waals surface area contributed by atoms with E-state index in [2.05, 4.69) is 5.32 Å². The predicted octanol–water partition coefficient (Wildman–Crippen LogP) is 1.77. The van der Waals surface area contributed by atoms with E-state index in [0.29, 0.717) is 18.3 Å². The minimum Gasteiger partial charge on any atom is -0.444 e. The first-order valence-electron chi connectivity index (χ1n) is 7.10. The van der Waals surface area contributed by atoms with Crippen LogP contribution in [0.4, 0.5) is 4.79 Å². The van der Waals surface area contributed by atoms with Gasteiger partial charge in [-0.25, -0.2) is 4.79 Å². The molecule has 1 atom stereocenters. The van der Waals surface area contributed by atoms with Crippen LogP contribution in [0.3, 0.4) is 0 Å². The molecule has 0 saturated carbocycles. The Labute approximate surface area is 114 Å². The summed E-state index contributed by atoms with van der Waals surface area (Å²) in [6, 6.07) is 0. The fourth-order valence-electron chi connectivity index (χ4n) is 2.84. The highest BCUT2D eigenvalue weighted by molar-refractivity contribution is 5.78. The molecule has 2 rings (SSSR count). The maximum atomic E-state index is 11.9. The first kappa shape index (κ1) is 14.2. The first-order valence-corrected chi connectivity index (χ1v) is 7.10. The van der Waals surface area contributed by atoms with Gasteiger partial charge in [0.15, 0.2) is 0 Å². The molecule has 2 fully saturated rings. The molecule has 0 spiro atoms. The summed E-state index contributed by atoms with van der Waals surface area (Å²) in [6.45, 7) is 7.93. The van der Waals surface area contributed by atoms with Crippen molar-refractivity contribution in [1.29, 1.82) is 0 Å². The van der Waals surface area contributed by atoms with Gasteiger partial charge in [0.25, 0.3) is 0 Å². The number of carbonyl (C=O) groups excluding carboxylic acids is 2. The van der Waals surface area contributed by atoms with Gasteiger partial charge in [-0.1, -0.05) is 0 Å². The van der Waals surface area contributed by atoms with Crippen molar-refractivity contribution >= 4 is 12.0 Å². The summed E-state index contributed by atoms with van der Waals surface area (Å²) in [6.07, 6.45) is 2.38. The van der Waals surface area contributed by atoms with Crippen molar-refractivity contribution < 1.29 is 14.3 Å². The van der Waals surface area contributed by atoms with Crippen LogP contribution >= 0.6 is 0 Å². The van der Waals surface area contributed by atoms with Crippen LogP contribution < -0.4 is 5.32 Å². The second-order valence-corrected chi connectivity index (χ2v) is 6.57. The van der Waals surface area contributed by atoms with Crippen molar-refractivity contribution in [2.75, 3.05) is 19.6 Å². The Hall–Kier alpha value is -1.26. The van der Waals surface area contributed by atoms with Crippen LogP contribution in [-0.4, -0.2) is 42.1 Å². The molecule has 5 nitrogen and oxygen atoms in total. The Morgan fingerprint density at radius 3 is 2.37 bits per heavy atom. The molecule has 0 aliphatic carbocycles. The number of nitrogens with zero attached hydrogens (tertiary/aromatic N) is 1. The molecule has 19 heavy (non-hydrogen) atoms. The Morgan fingerprint density at radius 2 is 1.89 bits per heavy atom. The lowest BCUT2D eigenvalue weighted by molar-refractivity contribution is -0.119. The molecule has 0 aromatic rings. The van der Waals surface area contributed by atoms with Crippen molar-refractivity contribution in [2.24, 2.45) is 11.8 Å². The van der Waals surface area contributed by atoms with Crippen molar-refractivity contribution in [3.8, 4) is 0 Å². The van der Waals surface area contributed by atoms with Crippen LogP contribution in [0.1, 0.15) is 40.0 Å². The van der Waals surface area contributed by atoms with E-state index in [0.717, 1.165) is 32.5 Å². The van der Waals surface area contributed by atoms with E-state index in [4.69, 9.17) is 4.74 Å². The third-order valence-corrected chi connectivity index (χ3v) is 3.87. The van der Waals surface area contributed by atoms with Crippen molar-refractivity contribution in [3.63, 3.8) is 0 Å². The number of carbonyl (C=O) groups is 2. The third-order valence-electron chi connectivity index (χ3n) is 3.87. The molecule has 0 aromatic heterocycles. The molecular formula is C14H24N2O3. The lowest BCUT2D eigenvalue weighted by Crippen LogP contribution is -2.43. The Bertz CT molecular complexity index is 354. The molecule has 0 bridgehead atoms. The van der Waals surface area contributed by atoms with Gasteiger partial charge in [0.2, 0.25) is 5.91 Å². The quantitative estimate of drug-likeness (QED) is 0.788. The Balaban J connectivity index is 1.79. The molecular weight excluding hydrogens is 244 g/mol. The Morgan fingerprint density at radius 1 is 1.26 bits per heavy atom. The van der Waals surface area contributed by atoms with E-state index in [9.17, 15) is 9.59 Å². The number of rotatable bonds is 1. The fourth-order valence-corrected chi connectivity index (χ4v) is 2.84. The highest BCUT2D eigenvalue weighted by atomic mass is 16.6. The molecule has 2 saturated heterocycles. The molecule has 2 heterocycles. The Kier molecular flexibility index (Phi) is 4.02. The van der Waals surface area contributed by atoms with Crippen LogP contribution in [0.25, 0.3) is 0 Å². The molecule has 2 aliphatic heterocycles. The van der Waals surface area contributed by atoms with Crippen LogP contribution in [0.2, 0.25) is 0 Å². The van der Waals surface area contributed by atoms with Gasteiger partial charge in [0.05, 0.1) is 0 Å². The largest absolute Gasteiger partial charge is 0.444 e. The first-order chi connectivity index (χ1) is 8.85. The molecule has 2 aliphatic rings. The second-order valence-electron chi connectivity index (χ2n) is 6.57. The molecule has 108 valence electrons. The molecule has 2 amide bonds. The van der Waals surface area contributed by atoms with Gasteiger partial charge in [-0.3, -0.25) is 4.79 Å². The zero-order chi connectivity index (χ0) is 14.0. The summed E-state index contributed by atoms with van der Waals surface area (Å²) in [5.41, 5.74) is -0.435. The zero-order valence-corrected chi connectivity index (χ0v) is 12.1. The van der Waals surface area contributed by atoms with Gasteiger partial charge in [-0.2, -0.15) is 0 Å². The molecule has 0 radical (unpaired) electrons.